The quantitative estimate of drug-likeness (QED) is 0.677. The molecule has 19 heavy (non-hydrogen) atoms. The summed E-state index contributed by atoms with van der Waals surface area (Å²) in [4.78, 5) is 0. The van der Waals surface area contributed by atoms with E-state index in [1.165, 1.54) is 12.8 Å². The highest BCUT2D eigenvalue weighted by molar-refractivity contribution is 5.26. The van der Waals surface area contributed by atoms with Crippen molar-refractivity contribution < 1.29 is 0 Å². The molecule has 4 atom stereocenters. The van der Waals surface area contributed by atoms with Gasteiger partial charge in [0.25, 0.3) is 0 Å². The number of hydrazine groups is 1. The van der Waals surface area contributed by atoms with E-state index in [0.717, 1.165) is 44.9 Å². The second kappa shape index (κ2) is 4.47. The van der Waals surface area contributed by atoms with Crippen molar-refractivity contribution >= 4 is 0 Å². The zero-order valence-corrected chi connectivity index (χ0v) is 11.4. The average Bonchev–Trinajstić information content (AvgIpc) is 2.48. The third-order valence-corrected chi connectivity index (χ3v) is 5.89. The summed E-state index contributed by atoms with van der Waals surface area (Å²) in [5.74, 6) is 7.15. The molecule has 3 fully saturated rings. The van der Waals surface area contributed by atoms with Gasteiger partial charge in [-0.15, -0.1) is 0 Å². The SMILES string of the molecule is N#C[C@]12CCCC[C@H]1C[C@H]1CCCC[C@@]1(C#N)N2N. The molecule has 0 aromatic carbocycles. The normalized spacial score (nSPS) is 46.5. The Kier molecular flexibility index (Phi) is 3.04. The molecule has 0 aromatic heterocycles. The van der Waals surface area contributed by atoms with Crippen LogP contribution < -0.4 is 5.84 Å². The predicted octanol–water partition coefficient (Wildman–Crippen LogP) is 2.47. The topological polar surface area (TPSA) is 76.8 Å². The highest BCUT2D eigenvalue weighted by Crippen LogP contribution is 2.54. The maximum absolute atomic E-state index is 9.77. The van der Waals surface area contributed by atoms with Crippen molar-refractivity contribution in [3.8, 4) is 12.1 Å². The van der Waals surface area contributed by atoms with E-state index in [1.54, 1.807) is 5.01 Å². The third kappa shape index (κ3) is 1.57. The zero-order chi connectivity index (χ0) is 13.5. The van der Waals surface area contributed by atoms with Gasteiger partial charge < -0.3 is 0 Å². The van der Waals surface area contributed by atoms with Crippen molar-refractivity contribution in [2.45, 2.75) is 68.9 Å². The molecule has 1 aliphatic heterocycles. The van der Waals surface area contributed by atoms with Gasteiger partial charge in [-0.25, -0.2) is 5.01 Å². The number of rotatable bonds is 0. The summed E-state index contributed by atoms with van der Waals surface area (Å²) >= 11 is 0. The number of nitrogens with zero attached hydrogens (tertiary/aromatic N) is 3. The van der Waals surface area contributed by atoms with E-state index < -0.39 is 11.1 Å². The van der Waals surface area contributed by atoms with E-state index in [2.05, 4.69) is 12.1 Å². The first kappa shape index (κ1) is 12.9. The van der Waals surface area contributed by atoms with Crippen LogP contribution in [0.1, 0.15) is 57.8 Å². The van der Waals surface area contributed by atoms with E-state index in [-0.39, 0.29) is 0 Å². The van der Waals surface area contributed by atoms with E-state index in [1.807, 2.05) is 0 Å². The number of nitrogens with two attached hydrogens (primary N) is 1. The third-order valence-electron chi connectivity index (χ3n) is 5.89. The van der Waals surface area contributed by atoms with Crippen LogP contribution in [0.5, 0.6) is 0 Å². The summed E-state index contributed by atoms with van der Waals surface area (Å²) < 4.78 is 0. The minimum absolute atomic E-state index is 0.362. The smallest absolute Gasteiger partial charge is 0.126 e. The molecule has 3 aliphatic rings. The number of piperidine rings is 1. The standard InChI is InChI=1S/C15H22N4/c16-10-14-7-3-1-5-12(14)9-13-6-2-4-8-15(13,11-17)19(14)18/h12-13H,1-9,18H2/t12-,13+,14+,15-. The summed E-state index contributed by atoms with van der Waals surface area (Å²) in [5, 5.41) is 21.3. The maximum atomic E-state index is 9.77. The fourth-order valence-corrected chi connectivity index (χ4v) is 4.82. The lowest BCUT2D eigenvalue weighted by atomic mass is 9.58. The van der Waals surface area contributed by atoms with Gasteiger partial charge in [0, 0.05) is 0 Å². The van der Waals surface area contributed by atoms with Crippen LogP contribution in [0.4, 0.5) is 0 Å². The van der Waals surface area contributed by atoms with Crippen molar-refractivity contribution in [1.29, 1.82) is 10.5 Å². The molecule has 0 amide bonds. The van der Waals surface area contributed by atoms with Crippen molar-refractivity contribution in [2.24, 2.45) is 17.7 Å². The molecule has 0 spiro atoms. The second-order valence-corrected chi connectivity index (χ2v) is 6.56. The Labute approximate surface area is 115 Å². The summed E-state index contributed by atoms with van der Waals surface area (Å²) in [7, 11) is 0. The van der Waals surface area contributed by atoms with Crippen molar-refractivity contribution in [2.75, 3.05) is 0 Å². The first-order chi connectivity index (χ1) is 9.19. The Hall–Kier alpha value is -1.10. The first-order valence-corrected chi connectivity index (χ1v) is 7.57. The Morgan fingerprint density at radius 2 is 1.37 bits per heavy atom. The maximum Gasteiger partial charge on any atom is 0.126 e. The van der Waals surface area contributed by atoms with Gasteiger partial charge in [0.05, 0.1) is 12.1 Å². The van der Waals surface area contributed by atoms with Gasteiger partial charge in [0.15, 0.2) is 0 Å². The molecule has 4 heteroatoms. The first-order valence-electron chi connectivity index (χ1n) is 7.57. The lowest BCUT2D eigenvalue weighted by molar-refractivity contribution is -0.113. The van der Waals surface area contributed by atoms with Crippen molar-refractivity contribution in [3.63, 3.8) is 0 Å². The van der Waals surface area contributed by atoms with Crippen LogP contribution in [0.3, 0.4) is 0 Å². The molecule has 102 valence electrons. The van der Waals surface area contributed by atoms with E-state index >= 15 is 0 Å². The second-order valence-electron chi connectivity index (χ2n) is 6.56. The van der Waals surface area contributed by atoms with Crippen LogP contribution in [-0.4, -0.2) is 16.1 Å². The fraction of sp³-hybridized carbons (Fsp3) is 0.867. The number of fused-ring (bicyclic) bond motifs is 2. The average molecular weight is 258 g/mol. The summed E-state index contributed by atoms with van der Waals surface area (Å²) in [6.07, 6.45) is 9.41. The van der Waals surface area contributed by atoms with E-state index in [0.29, 0.717) is 11.8 Å². The number of hydrogen-bond donors (Lipinski definition) is 1. The molecule has 2 saturated carbocycles. The monoisotopic (exact) mass is 258 g/mol. The van der Waals surface area contributed by atoms with Crippen LogP contribution in [-0.2, 0) is 0 Å². The largest absolute Gasteiger partial charge is 0.266 e. The van der Waals surface area contributed by atoms with Crippen LogP contribution in [0.25, 0.3) is 0 Å². The Morgan fingerprint density at radius 1 is 0.895 bits per heavy atom. The van der Waals surface area contributed by atoms with Crippen molar-refractivity contribution in [1.82, 2.24) is 5.01 Å². The van der Waals surface area contributed by atoms with Crippen LogP contribution in [0.15, 0.2) is 0 Å². The molecule has 3 rings (SSSR count). The highest BCUT2D eigenvalue weighted by Gasteiger charge is 2.61. The zero-order valence-electron chi connectivity index (χ0n) is 11.4. The van der Waals surface area contributed by atoms with E-state index in [4.69, 9.17) is 5.84 Å². The molecule has 0 radical (unpaired) electrons. The molecule has 0 aromatic rings. The minimum atomic E-state index is -0.582. The van der Waals surface area contributed by atoms with Gasteiger partial charge in [0.1, 0.15) is 11.1 Å². The Morgan fingerprint density at radius 3 is 1.79 bits per heavy atom. The van der Waals surface area contributed by atoms with Gasteiger partial charge in [-0.2, -0.15) is 10.5 Å². The molecule has 2 aliphatic carbocycles. The van der Waals surface area contributed by atoms with Gasteiger partial charge in [0.2, 0.25) is 0 Å². The van der Waals surface area contributed by atoms with E-state index in [9.17, 15) is 10.5 Å². The molecular weight excluding hydrogens is 236 g/mol. The van der Waals surface area contributed by atoms with Gasteiger partial charge in [-0.1, -0.05) is 25.7 Å². The lowest BCUT2D eigenvalue weighted by Crippen LogP contribution is -2.73. The molecule has 0 bridgehead atoms. The summed E-state index contributed by atoms with van der Waals surface area (Å²) in [5.41, 5.74) is -1.16. The summed E-state index contributed by atoms with van der Waals surface area (Å²) in [6.45, 7) is 0. The predicted molar refractivity (Wildman–Crippen MR) is 71.2 cm³/mol. The molecule has 4 nitrogen and oxygen atoms in total. The Bertz CT molecular complexity index is 408. The van der Waals surface area contributed by atoms with Crippen LogP contribution in [0, 0.1) is 34.5 Å². The Balaban J connectivity index is 2.04. The molecular formula is C15H22N4. The van der Waals surface area contributed by atoms with Crippen LogP contribution in [0.2, 0.25) is 0 Å². The number of hydrogen-bond acceptors (Lipinski definition) is 4. The highest BCUT2D eigenvalue weighted by atomic mass is 15.5. The molecule has 2 N–H and O–H groups in total. The van der Waals surface area contributed by atoms with Gasteiger partial charge in [-0.3, -0.25) is 5.84 Å². The summed E-state index contributed by atoms with van der Waals surface area (Å²) in [6, 6.07) is 5.02. The van der Waals surface area contributed by atoms with Gasteiger partial charge in [-0.05, 0) is 43.9 Å². The van der Waals surface area contributed by atoms with Crippen LogP contribution >= 0.6 is 0 Å². The number of nitriles is 2. The van der Waals surface area contributed by atoms with Gasteiger partial charge >= 0.3 is 0 Å². The minimum Gasteiger partial charge on any atom is -0.266 e. The lowest BCUT2D eigenvalue weighted by Gasteiger charge is -2.59. The fourth-order valence-electron chi connectivity index (χ4n) is 4.82. The molecule has 0 unspecified atom stereocenters. The van der Waals surface area contributed by atoms with Crippen molar-refractivity contribution in [3.05, 3.63) is 0 Å². The molecule has 1 heterocycles. The molecule has 1 saturated heterocycles.